The second-order valence-electron chi connectivity index (χ2n) is 7.60. The molecule has 0 aromatic rings. The van der Waals surface area contributed by atoms with Gasteiger partial charge in [-0.05, 0) is 46.5 Å². The third-order valence-corrected chi connectivity index (χ3v) is 5.03. The summed E-state index contributed by atoms with van der Waals surface area (Å²) in [6, 6.07) is -0.762. The van der Waals surface area contributed by atoms with Gasteiger partial charge in [-0.15, -0.1) is 0 Å². The summed E-state index contributed by atoms with van der Waals surface area (Å²) in [5, 5.41) is 6.49. The lowest BCUT2D eigenvalue weighted by molar-refractivity contribution is -0.149. The van der Waals surface area contributed by atoms with Crippen LogP contribution in [0.3, 0.4) is 0 Å². The first kappa shape index (κ1) is 22.6. The number of nitrogens with one attached hydrogen (secondary N) is 2. The molecule has 150 valence electrons. The van der Waals surface area contributed by atoms with Crippen LogP contribution >= 0.6 is 0 Å². The molecule has 0 aromatic carbocycles. The van der Waals surface area contributed by atoms with Gasteiger partial charge in [-0.1, -0.05) is 25.5 Å². The molecular weight excluding hydrogens is 332 g/mol. The number of hydrogen-bond donors (Lipinski definition) is 2. The van der Waals surface area contributed by atoms with E-state index in [0.29, 0.717) is 6.42 Å². The first-order valence-electron chi connectivity index (χ1n) is 9.60. The molecule has 0 spiro atoms. The topological polar surface area (TPSA) is 76.7 Å². The molecule has 1 saturated heterocycles. The van der Waals surface area contributed by atoms with Crippen LogP contribution in [-0.2, 0) is 19.1 Å². The molecule has 0 saturated carbocycles. The van der Waals surface area contributed by atoms with Crippen LogP contribution in [0.25, 0.3) is 0 Å². The molecule has 6 heteroatoms. The Labute approximate surface area is 158 Å². The van der Waals surface area contributed by atoms with E-state index >= 15 is 0 Å². The molecule has 0 aromatic heterocycles. The van der Waals surface area contributed by atoms with Crippen molar-refractivity contribution in [2.75, 3.05) is 7.11 Å². The van der Waals surface area contributed by atoms with Crippen LogP contribution in [0.15, 0.2) is 12.2 Å². The van der Waals surface area contributed by atoms with Gasteiger partial charge in [0.15, 0.2) is 0 Å². The van der Waals surface area contributed by atoms with E-state index in [0.717, 1.165) is 12.8 Å². The second-order valence-corrected chi connectivity index (χ2v) is 7.60. The van der Waals surface area contributed by atoms with Crippen molar-refractivity contribution in [2.45, 2.75) is 90.6 Å². The summed E-state index contributed by atoms with van der Waals surface area (Å²) in [7, 11) is 1.68. The lowest BCUT2D eigenvalue weighted by Gasteiger charge is -2.41. The van der Waals surface area contributed by atoms with Gasteiger partial charge in [0.2, 0.25) is 5.91 Å². The number of hydrogen-bond acceptors (Lipinski definition) is 5. The molecule has 2 N–H and O–H groups in total. The predicted molar refractivity (Wildman–Crippen MR) is 103 cm³/mol. The summed E-state index contributed by atoms with van der Waals surface area (Å²) < 4.78 is 11.2. The molecule has 0 unspecified atom stereocenters. The summed E-state index contributed by atoms with van der Waals surface area (Å²) in [4.78, 5) is 24.3. The largest absolute Gasteiger partial charge is 0.462 e. The van der Waals surface area contributed by atoms with Crippen molar-refractivity contribution in [3.05, 3.63) is 12.2 Å². The monoisotopic (exact) mass is 368 g/mol. The molecule has 1 aliphatic rings. The Morgan fingerprint density at radius 2 is 2.04 bits per heavy atom. The summed E-state index contributed by atoms with van der Waals surface area (Å²) in [5.41, 5.74) is -0.533. The number of methoxy groups -OCH3 is 1. The fourth-order valence-electron chi connectivity index (χ4n) is 3.83. The number of allylic oxidation sites excluding steroid dienone is 1. The van der Waals surface area contributed by atoms with Crippen molar-refractivity contribution >= 4 is 11.9 Å². The van der Waals surface area contributed by atoms with Crippen LogP contribution in [0.2, 0.25) is 0 Å². The van der Waals surface area contributed by atoms with Crippen LogP contribution in [-0.4, -0.2) is 48.8 Å². The van der Waals surface area contributed by atoms with E-state index in [-0.39, 0.29) is 42.0 Å². The SMILES string of the molecule is CC=C[C@@H]1C[C@@H](C(=O)OC(C)C)N[C@H]1[C@@H](NC(C)=O)[C@](C)(CCC)OC. The lowest BCUT2D eigenvalue weighted by Crippen LogP contribution is -2.62. The van der Waals surface area contributed by atoms with Crippen LogP contribution in [0.4, 0.5) is 0 Å². The minimum Gasteiger partial charge on any atom is -0.462 e. The summed E-state index contributed by atoms with van der Waals surface area (Å²) >= 11 is 0. The second kappa shape index (κ2) is 10.1. The summed E-state index contributed by atoms with van der Waals surface area (Å²) in [5.74, 6) is -0.246. The van der Waals surface area contributed by atoms with Gasteiger partial charge in [0, 0.05) is 20.1 Å². The number of carbonyl (C=O) groups excluding carboxylic acids is 2. The maximum Gasteiger partial charge on any atom is 0.323 e. The van der Waals surface area contributed by atoms with Gasteiger partial charge in [-0.2, -0.15) is 0 Å². The van der Waals surface area contributed by atoms with Crippen molar-refractivity contribution in [2.24, 2.45) is 5.92 Å². The highest BCUT2D eigenvalue weighted by Crippen LogP contribution is 2.33. The number of amides is 1. The highest BCUT2D eigenvalue weighted by molar-refractivity contribution is 5.77. The smallest absolute Gasteiger partial charge is 0.323 e. The number of ether oxygens (including phenoxy) is 2. The van der Waals surface area contributed by atoms with E-state index in [9.17, 15) is 9.59 Å². The first-order chi connectivity index (χ1) is 12.2. The van der Waals surface area contributed by atoms with Gasteiger partial charge in [0.1, 0.15) is 6.04 Å². The average Bonchev–Trinajstić information content (AvgIpc) is 2.96. The molecular formula is C20H36N2O4. The fraction of sp³-hybridized carbons (Fsp3) is 0.800. The zero-order valence-corrected chi connectivity index (χ0v) is 17.3. The third-order valence-electron chi connectivity index (χ3n) is 5.03. The number of carbonyl (C=O) groups is 2. The van der Waals surface area contributed by atoms with Gasteiger partial charge >= 0.3 is 5.97 Å². The van der Waals surface area contributed by atoms with Crippen molar-refractivity contribution < 1.29 is 19.1 Å². The van der Waals surface area contributed by atoms with Crippen LogP contribution in [0, 0.1) is 5.92 Å². The lowest BCUT2D eigenvalue weighted by atomic mass is 9.81. The Kier molecular flexibility index (Phi) is 8.77. The van der Waals surface area contributed by atoms with Gasteiger partial charge < -0.3 is 14.8 Å². The first-order valence-corrected chi connectivity index (χ1v) is 9.60. The summed E-state index contributed by atoms with van der Waals surface area (Å²) in [6.07, 6.45) is 6.31. The quantitative estimate of drug-likeness (QED) is 0.483. The van der Waals surface area contributed by atoms with Crippen molar-refractivity contribution in [3.63, 3.8) is 0 Å². The van der Waals surface area contributed by atoms with Crippen LogP contribution < -0.4 is 10.6 Å². The molecule has 1 rings (SSSR count). The highest BCUT2D eigenvalue weighted by atomic mass is 16.5. The van der Waals surface area contributed by atoms with E-state index < -0.39 is 5.60 Å². The fourth-order valence-corrected chi connectivity index (χ4v) is 3.83. The zero-order valence-electron chi connectivity index (χ0n) is 17.3. The van der Waals surface area contributed by atoms with Gasteiger partial charge in [0.25, 0.3) is 0 Å². The molecule has 0 radical (unpaired) electrons. The molecule has 26 heavy (non-hydrogen) atoms. The van der Waals surface area contributed by atoms with Crippen LogP contribution in [0.5, 0.6) is 0 Å². The average molecular weight is 369 g/mol. The molecule has 5 atom stereocenters. The molecule has 1 heterocycles. The van der Waals surface area contributed by atoms with Crippen molar-refractivity contribution in [1.82, 2.24) is 10.6 Å². The van der Waals surface area contributed by atoms with Gasteiger partial charge in [-0.25, -0.2) is 0 Å². The Balaban J connectivity index is 3.15. The maximum atomic E-state index is 12.4. The zero-order chi connectivity index (χ0) is 19.9. The van der Waals surface area contributed by atoms with E-state index in [1.54, 1.807) is 7.11 Å². The Hall–Kier alpha value is -1.40. The third kappa shape index (κ3) is 5.81. The van der Waals surface area contributed by atoms with E-state index in [1.807, 2.05) is 33.8 Å². The van der Waals surface area contributed by atoms with E-state index in [2.05, 4.69) is 23.6 Å². The normalized spacial score (nSPS) is 26.7. The van der Waals surface area contributed by atoms with Crippen LogP contribution in [0.1, 0.15) is 60.8 Å². The van der Waals surface area contributed by atoms with E-state index in [1.165, 1.54) is 6.92 Å². The molecule has 1 aliphatic heterocycles. The predicted octanol–water partition coefficient (Wildman–Crippen LogP) is 2.57. The standard InChI is InChI=1S/C20H36N2O4/c1-8-10-15-12-16(19(24)26-13(3)4)22-17(15)18(21-14(5)23)20(6,25-7)11-9-2/h8,10,13,15-18,22H,9,11-12H2,1-7H3,(H,21,23)/t15-,16+,17-,18-,20+/m1/s1. The molecule has 0 aliphatic carbocycles. The molecule has 6 nitrogen and oxygen atoms in total. The number of rotatable bonds is 9. The highest BCUT2D eigenvalue weighted by Gasteiger charge is 2.47. The van der Waals surface area contributed by atoms with Crippen molar-refractivity contribution in [1.29, 1.82) is 0 Å². The molecule has 0 bridgehead atoms. The van der Waals surface area contributed by atoms with Gasteiger partial charge in [0.05, 0.1) is 17.7 Å². The minimum absolute atomic E-state index is 0.105. The van der Waals surface area contributed by atoms with E-state index in [4.69, 9.17) is 9.47 Å². The Morgan fingerprint density at radius 1 is 1.38 bits per heavy atom. The van der Waals surface area contributed by atoms with Gasteiger partial charge in [-0.3, -0.25) is 14.9 Å². The van der Waals surface area contributed by atoms with Crippen molar-refractivity contribution in [3.8, 4) is 0 Å². The summed E-state index contributed by atoms with van der Waals surface area (Å²) in [6.45, 7) is 11.3. The maximum absolute atomic E-state index is 12.4. The molecule has 1 fully saturated rings. The molecule has 1 amide bonds. The minimum atomic E-state index is -0.533. The Bertz CT molecular complexity index is 506. The number of esters is 1. The Morgan fingerprint density at radius 3 is 2.50 bits per heavy atom.